The highest BCUT2D eigenvalue weighted by Gasteiger charge is 2.42. The molecule has 1 amide bonds. The Morgan fingerprint density at radius 3 is 2.52 bits per heavy atom. The molecule has 0 spiro atoms. The van der Waals surface area contributed by atoms with Crippen molar-refractivity contribution in [1.29, 1.82) is 0 Å². The van der Waals surface area contributed by atoms with Gasteiger partial charge in [0.25, 0.3) is 0 Å². The summed E-state index contributed by atoms with van der Waals surface area (Å²) in [5.74, 6) is -0.444. The van der Waals surface area contributed by atoms with Gasteiger partial charge in [0, 0.05) is 12.2 Å². The SMILES string of the molecule is COc1ncc(C2=CC3CCC(C2)N3C(=O)OC(C)(C)C)cc1C(F)(F)F. The van der Waals surface area contributed by atoms with Gasteiger partial charge in [-0.3, -0.25) is 4.90 Å². The largest absolute Gasteiger partial charge is 0.481 e. The Morgan fingerprint density at radius 1 is 1.26 bits per heavy atom. The average Bonchev–Trinajstić information content (AvgIpc) is 2.82. The molecule has 148 valence electrons. The third kappa shape index (κ3) is 4.04. The monoisotopic (exact) mass is 384 g/mol. The van der Waals surface area contributed by atoms with Crippen molar-refractivity contribution in [2.45, 2.75) is 63.9 Å². The Labute approximate surface area is 156 Å². The van der Waals surface area contributed by atoms with Crippen LogP contribution in [0.4, 0.5) is 18.0 Å². The van der Waals surface area contributed by atoms with Gasteiger partial charge in [0.2, 0.25) is 5.88 Å². The van der Waals surface area contributed by atoms with E-state index in [2.05, 4.69) is 4.98 Å². The molecular weight excluding hydrogens is 361 g/mol. The van der Waals surface area contributed by atoms with Crippen LogP contribution in [0.2, 0.25) is 0 Å². The lowest BCUT2D eigenvalue weighted by molar-refractivity contribution is -0.139. The number of halogens is 3. The summed E-state index contributed by atoms with van der Waals surface area (Å²) in [5.41, 5.74) is -0.320. The number of methoxy groups -OCH3 is 1. The van der Waals surface area contributed by atoms with Crippen molar-refractivity contribution in [2.75, 3.05) is 7.11 Å². The Hall–Kier alpha value is -2.25. The van der Waals surface area contributed by atoms with E-state index >= 15 is 0 Å². The number of pyridine rings is 1. The molecule has 1 aromatic rings. The van der Waals surface area contributed by atoms with Gasteiger partial charge < -0.3 is 9.47 Å². The number of hydrogen-bond acceptors (Lipinski definition) is 4. The molecule has 3 heterocycles. The molecular formula is C19H23F3N2O3. The van der Waals surface area contributed by atoms with Crippen LogP contribution in [0.3, 0.4) is 0 Å². The molecule has 2 aliphatic heterocycles. The highest BCUT2D eigenvalue weighted by atomic mass is 19.4. The van der Waals surface area contributed by atoms with Crippen LogP contribution in [0.25, 0.3) is 5.57 Å². The summed E-state index contributed by atoms with van der Waals surface area (Å²) < 4.78 is 50.0. The Balaban J connectivity index is 1.89. The maximum Gasteiger partial charge on any atom is 0.421 e. The minimum atomic E-state index is -4.55. The molecule has 0 saturated carbocycles. The predicted molar refractivity (Wildman–Crippen MR) is 93.3 cm³/mol. The van der Waals surface area contributed by atoms with E-state index in [9.17, 15) is 18.0 Å². The smallest absolute Gasteiger partial charge is 0.421 e. The van der Waals surface area contributed by atoms with Crippen LogP contribution in [-0.2, 0) is 10.9 Å². The highest BCUT2D eigenvalue weighted by molar-refractivity contribution is 5.75. The molecule has 0 aliphatic carbocycles. The molecule has 5 nitrogen and oxygen atoms in total. The fourth-order valence-corrected chi connectivity index (χ4v) is 3.64. The number of carbonyl (C=O) groups is 1. The molecule has 0 aromatic carbocycles. The van der Waals surface area contributed by atoms with Gasteiger partial charge >= 0.3 is 12.3 Å². The predicted octanol–water partition coefficient (Wildman–Crippen LogP) is 4.66. The maximum atomic E-state index is 13.3. The normalized spacial score (nSPS) is 22.5. The molecule has 8 heteroatoms. The molecule has 2 atom stereocenters. The minimum absolute atomic E-state index is 0.0821. The van der Waals surface area contributed by atoms with Crippen molar-refractivity contribution < 1.29 is 27.4 Å². The van der Waals surface area contributed by atoms with Gasteiger partial charge in [0.1, 0.15) is 11.2 Å². The lowest BCUT2D eigenvalue weighted by Crippen LogP contribution is -2.45. The second kappa shape index (κ2) is 6.73. The molecule has 27 heavy (non-hydrogen) atoms. The summed E-state index contributed by atoms with van der Waals surface area (Å²) in [5, 5.41) is 0. The molecule has 0 radical (unpaired) electrons. The van der Waals surface area contributed by atoms with E-state index in [1.54, 1.807) is 25.7 Å². The number of alkyl halides is 3. The van der Waals surface area contributed by atoms with E-state index in [0.29, 0.717) is 12.0 Å². The van der Waals surface area contributed by atoms with Crippen LogP contribution in [0.5, 0.6) is 5.88 Å². The number of amides is 1. The summed E-state index contributed by atoms with van der Waals surface area (Å²) in [6, 6.07) is 0.812. The van der Waals surface area contributed by atoms with E-state index < -0.39 is 23.2 Å². The lowest BCUT2D eigenvalue weighted by atomic mass is 9.95. The van der Waals surface area contributed by atoms with Crippen LogP contribution in [-0.4, -0.2) is 40.8 Å². The van der Waals surface area contributed by atoms with Gasteiger partial charge in [-0.05, 0) is 57.2 Å². The molecule has 3 rings (SSSR count). The van der Waals surface area contributed by atoms with Gasteiger partial charge in [-0.2, -0.15) is 13.2 Å². The van der Waals surface area contributed by atoms with Crippen molar-refractivity contribution in [2.24, 2.45) is 0 Å². The minimum Gasteiger partial charge on any atom is -0.481 e. The zero-order valence-electron chi connectivity index (χ0n) is 15.8. The summed E-state index contributed by atoms with van der Waals surface area (Å²) >= 11 is 0. The van der Waals surface area contributed by atoms with Crippen molar-refractivity contribution in [3.8, 4) is 5.88 Å². The first-order valence-electron chi connectivity index (χ1n) is 8.83. The molecule has 1 fully saturated rings. The van der Waals surface area contributed by atoms with Crippen LogP contribution >= 0.6 is 0 Å². The van der Waals surface area contributed by atoms with E-state index in [1.807, 2.05) is 6.08 Å². The molecule has 1 saturated heterocycles. The first kappa shape index (κ1) is 19.5. The zero-order chi connectivity index (χ0) is 20.0. The third-order valence-electron chi connectivity index (χ3n) is 4.72. The van der Waals surface area contributed by atoms with Gasteiger partial charge in [-0.1, -0.05) is 6.08 Å². The Bertz CT molecular complexity index is 768. The topological polar surface area (TPSA) is 51.7 Å². The summed E-state index contributed by atoms with van der Waals surface area (Å²) in [4.78, 5) is 18.0. The summed E-state index contributed by atoms with van der Waals surface area (Å²) in [6.45, 7) is 5.42. The number of hydrogen-bond donors (Lipinski definition) is 0. The fourth-order valence-electron chi connectivity index (χ4n) is 3.64. The summed E-state index contributed by atoms with van der Waals surface area (Å²) in [6.07, 6.45) is 0.350. The molecule has 2 aliphatic rings. The standard InChI is InChI=1S/C19H23F3N2O3/c1-18(2,3)27-17(25)24-13-5-6-14(24)8-11(7-13)12-9-15(19(20,21)22)16(26-4)23-10-12/h7,9-10,13-14H,5-6,8H2,1-4H3. The number of fused-ring (bicyclic) bond motifs is 2. The van der Waals surface area contributed by atoms with Crippen LogP contribution in [0, 0.1) is 0 Å². The maximum absolute atomic E-state index is 13.3. The van der Waals surface area contributed by atoms with E-state index in [4.69, 9.17) is 9.47 Å². The number of nitrogens with zero attached hydrogens (tertiary/aromatic N) is 2. The van der Waals surface area contributed by atoms with E-state index in [0.717, 1.165) is 31.6 Å². The quantitative estimate of drug-likeness (QED) is 0.744. The van der Waals surface area contributed by atoms with Gasteiger partial charge in [-0.25, -0.2) is 9.78 Å². The van der Waals surface area contributed by atoms with Crippen molar-refractivity contribution in [3.63, 3.8) is 0 Å². The first-order valence-corrected chi connectivity index (χ1v) is 8.83. The van der Waals surface area contributed by atoms with E-state index in [1.165, 1.54) is 6.20 Å². The number of rotatable bonds is 2. The first-order chi connectivity index (χ1) is 12.5. The molecule has 2 unspecified atom stereocenters. The van der Waals surface area contributed by atoms with Gasteiger partial charge in [-0.15, -0.1) is 0 Å². The molecule has 1 aromatic heterocycles. The van der Waals surface area contributed by atoms with Crippen LogP contribution in [0.1, 0.15) is 51.2 Å². The Morgan fingerprint density at radius 2 is 1.96 bits per heavy atom. The molecule has 2 bridgehead atoms. The number of aromatic nitrogens is 1. The van der Waals surface area contributed by atoms with Crippen molar-refractivity contribution >= 4 is 11.7 Å². The second-order valence-electron chi connectivity index (χ2n) is 7.86. The van der Waals surface area contributed by atoms with Gasteiger partial charge in [0.15, 0.2) is 0 Å². The highest BCUT2D eigenvalue weighted by Crippen LogP contribution is 2.41. The zero-order valence-corrected chi connectivity index (χ0v) is 15.8. The third-order valence-corrected chi connectivity index (χ3v) is 4.72. The van der Waals surface area contributed by atoms with Gasteiger partial charge in [0.05, 0.1) is 13.2 Å². The van der Waals surface area contributed by atoms with Crippen molar-refractivity contribution in [1.82, 2.24) is 9.88 Å². The van der Waals surface area contributed by atoms with Crippen molar-refractivity contribution in [3.05, 3.63) is 29.5 Å². The Kier molecular flexibility index (Phi) is 4.86. The fraction of sp³-hybridized carbons (Fsp3) is 0.579. The average molecular weight is 384 g/mol. The summed E-state index contributed by atoms with van der Waals surface area (Å²) in [7, 11) is 1.16. The van der Waals surface area contributed by atoms with Crippen LogP contribution < -0.4 is 4.74 Å². The lowest BCUT2D eigenvalue weighted by Gasteiger charge is -2.35. The molecule has 0 N–H and O–H groups in total. The van der Waals surface area contributed by atoms with Crippen LogP contribution in [0.15, 0.2) is 18.3 Å². The number of carbonyl (C=O) groups excluding carboxylic acids is 1. The van der Waals surface area contributed by atoms with E-state index in [-0.39, 0.29) is 18.2 Å². The number of ether oxygens (including phenoxy) is 2. The second-order valence-corrected chi connectivity index (χ2v) is 7.86.